The van der Waals surface area contributed by atoms with Crippen LogP contribution in [-0.2, 0) is 21.2 Å². The van der Waals surface area contributed by atoms with Crippen molar-refractivity contribution in [3.05, 3.63) is 23.8 Å². The van der Waals surface area contributed by atoms with Crippen LogP contribution >= 0.6 is 12.4 Å². The normalized spacial score (nSPS) is 21.2. The van der Waals surface area contributed by atoms with Crippen LogP contribution < -0.4 is 15.4 Å². The van der Waals surface area contributed by atoms with E-state index in [1.165, 1.54) is 0 Å². The van der Waals surface area contributed by atoms with Crippen LogP contribution in [0.4, 0.5) is 5.69 Å². The Morgan fingerprint density at radius 1 is 1.21 bits per heavy atom. The van der Waals surface area contributed by atoms with E-state index in [2.05, 4.69) is 15.4 Å². The molecule has 1 atom stereocenters. The third kappa shape index (κ3) is 4.69. The molecule has 0 bridgehead atoms. The molecule has 1 unspecified atom stereocenters. The molecule has 134 valence electrons. The predicted molar refractivity (Wildman–Crippen MR) is 96.0 cm³/mol. The predicted octanol–water partition coefficient (Wildman–Crippen LogP) is 1.66. The molecule has 0 spiro atoms. The van der Waals surface area contributed by atoms with Crippen LogP contribution in [0.3, 0.4) is 0 Å². The lowest BCUT2D eigenvalue weighted by atomic mass is 10.0. The number of anilines is 1. The molecule has 1 aromatic rings. The standard InChI is InChI=1S/C16H23N3O3S.ClH/c20-16-5-1-4-13-9-14(6-7-15(13)19-16)23(21,22)18-11-12-3-2-8-17-10-12;/h6-7,9,12,17-18H,1-5,8,10-11H2,(H,19,20);1H. The summed E-state index contributed by atoms with van der Waals surface area (Å²) in [5, 5.41) is 6.11. The molecule has 3 rings (SSSR count). The molecule has 1 saturated heterocycles. The highest BCUT2D eigenvalue weighted by atomic mass is 35.5. The second-order valence-corrected chi connectivity index (χ2v) is 8.05. The van der Waals surface area contributed by atoms with Crippen molar-refractivity contribution in [3.8, 4) is 0 Å². The number of hydrogen-bond acceptors (Lipinski definition) is 4. The Labute approximate surface area is 149 Å². The lowest BCUT2D eigenvalue weighted by Gasteiger charge is -2.23. The zero-order valence-electron chi connectivity index (χ0n) is 13.5. The minimum Gasteiger partial charge on any atom is -0.326 e. The molecule has 1 amide bonds. The molecule has 1 aromatic carbocycles. The Balaban J connectivity index is 0.00000208. The number of rotatable bonds is 4. The van der Waals surface area contributed by atoms with Gasteiger partial charge in [0.05, 0.1) is 4.90 Å². The van der Waals surface area contributed by atoms with Crippen LogP contribution in [0.25, 0.3) is 0 Å². The first-order valence-corrected chi connectivity index (χ1v) is 9.66. The summed E-state index contributed by atoms with van der Waals surface area (Å²) in [6, 6.07) is 4.93. The molecule has 3 N–H and O–H groups in total. The maximum atomic E-state index is 12.5. The maximum absolute atomic E-state index is 12.5. The van der Waals surface area contributed by atoms with Gasteiger partial charge >= 0.3 is 0 Å². The molecule has 8 heteroatoms. The quantitative estimate of drug-likeness (QED) is 0.749. The van der Waals surface area contributed by atoms with E-state index in [-0.39, 0.29) is 23.2 Å². The Kier molecular flexibility index (Phi) is 6.62. The van der Waals surface area contributed by atoms with Crippen LogP contribution in [0, 0.1) is 5.92 Å². The van der Waals surface area contributed by atoms with Crippen LogP contribution in [0.5, 0.6) is 0 Å². The highest BCUT2D eigenvalue weighted by molar-refractivity contribution is 7.89. The van der Waals surface area contributed by atoms with Crippen molar-refractivity contribution < 1.29 is 13.2 Å². The number of piperidine rings is 1. The zero-order chi connectivity index (χ0) is 16.3. The van der Waals surface area contributed by atoms with Gasteiger partial charge in [0.1, 0.15) is 0 Å². The number of nitrogens with one attached hydrogen (secondary N) is 3. The van der Waals surface area contributed by atoms with E-state index in [9.17, 15) is 13.2 Å². The third-order valence-corrected chi connectivity index (χ3v) is 5.89. The van der Waals surface area contributed by atoms with E-state index in [0.29, 0.717) is 25.3 Å². The molecule has 24 heavy (non-hydrogen) atoms. The summed E-state index contributed by atoms with van der Waals surface area (Å²) in [6.07, 6.45) is 4.06. The van der Waals surface area contributed by atoms with E-state index in [4.69, 9.17) is 0 Å². The highest BCUT2D eigenvalue weighted by Gasteiger charge is 2.21. The summed E-state index contributed by atoms with van der Waals surface area (Å²) in [6.45, 7) is 2.34. The molecule has 1 fully saturated rings. The van der Waals surface area contributed by atoms with Crippen LogP contribution in [0.1, 0.15) is 31.2 Å². The van der Waals surface area contributed by atoms with Crippen molar-refractivity contribution in [2.45, 2.75) is 37.0 Å². The molecule has 0 aliphatic carbocycles. The summed E-state index contributed by atoms with van der Waals surface area (Å²) in [7, 11) is -3.51. The van der Waals surface area contributed by atoms with Crippen molar-refractivity contribution in [3.63, 3.8) is 0 Å². The average molecular weight is 374 g/mol. The Morgan fingerprint density at radius 3 is 2.79 bits per heavy atom. The highest BCUT2D eigenvalue weighted by Crippen LogP contribution is 2.25. The zero-order valence-corrected chi connectivity index (χ0v) is 15.1. The molecular formula is C16H24ClN3O3S. The maximum Gasteiger partial charge on any atom is 0.240 e. The third-order valence-electron chi connectivity index (χ3n) is 4.47. The first kappa shape index (κ1) is 19.2. The van der Waals surface area contributed by atoms with Crippen LogP contribution in [-0.4, -0.2) is 34.0 Å². The second-order valence-electron chi connectivity index (χ2n) is 6.28. The Morgan fingerprint density at radius 2 is 2.04 bits per heavy atom. The van der Waals surface area contributed by atoms with Gasteiger partial charge in [-0.25, -0.2) is 13.1 Å². The first-order valence-electron chi connectivity index (χ1n) is 8.18. The van der Waals surface area contributed by atoms with Crippen LogP contribution in [0.2, 0.25) is 0 Å². The monoisotopic (exact) mass is 373 g/mol. The molecule has 2 aliphatic heterocycles. The minimum absolute atomic E-state index is 0. The van der Waals surface area contributed by atoms with Gasteiger partial charge in [0, 0.05) is 18.7 Å². The molecular weight excluding hydrogens is 350 g/mol. The summed E-state index contributed by atoms with van der Waals surface area (Å²) in [5.74, 6) is 0.334. The number of halogens is 1. The van der Waals surface area contributed by atoms with E-state index in [0.717, 1.165) is 43.6 Å². The second kappa shape index (κ2) is 8.29. The van der Waals surface area contributed by atoms with Gasteiger partial charge in [0.25, 0.3) is 0 Å². The van der Waals surface area contributed by atoms with Gasteiger partial charge in [0.15, 0.2) is 0 Å². The number of carbonyl (C=O) groups excluding carboxylic acids is 1. The lowest BCUT2D eigenvalue weighted by molar-refractivity contribution is -0.116. The van der Waals surface area contributed by atoms with E-state index < -0.39 is 10.0 Å². The molecule has 0 aromatic heterocycles. The summed E-state index contributed by atoms with van der Waals surface area (Å²) in [4.78, 5) is 11.8. The fourth-order valence-electron chi connectivity index (χ4n) is 3.13. The average Bonchev–Trinajstić information content (AvgIpc) is 2.74. The van der Waals surface area contributed by atoms with Gasteiger partial charge in [-0.05, 0) is 68.5 Å². The van der Waals surface area contributed by atoms with Gasteiger partial charge in [-0.2, -0.15) is 0 Å². The van der Waals surface area contributed by atoms with Crippen molar-refractivity contribution in [1.82, 2.24) is 10.0 Å². The topological polar surface area (TPSA) is 87.3 Å². The van der Waals surface area contributed by atoms with Crippen molar-refractivity contribution in [2.24, 2.45) is 5.92 Å². The lowest BCUT2D eigenvalue weighted by Crippen LogP contribution is -2.38. The molecule has 2 heterocycles. The minimum atomic E-state index is -3.51. The molecule has 6 nitrogen and oxygen atoms in total. The molecule has 0 radical (unpaired) electrons. The van der Waals surface area contributed by atoms with Crippen molar-refractivity contribution in [1.29, 1.82) is 0 Å². The first-order chi connectivity index (χ1) is 11.0. The molecule has 2 aliphatic rings. The Bertz CT molecular complexity index is 688. The Hall–Kier alpha value is -1.15. The van der Waals surface area contributed by atoms with E-state index in [1.807, 2.05) is 0 Å². The van der Waals surface area contributed by atoms with E-state index in [1.54, 1.807) is 18.2 Å². The van der Waals surface area contributed by atoms with E-state index >= 15 is 0 Å². The number of aryl methyl sites for hydroxylation is 1. The van der Waals surface area contributed by atoms with Gasteiger partial charge in [-0.1, -0.05) is 0 Å². The van der Waals surface area contributed by atoms with Gasteiger partial charge < -0.3 is 10.6 Å². The fraction of sp³-hybridized carbons (Fsp3) is 0.562. The summed E-state index contributed by atoms with van der Waals surface area (Å²) in [5.41, 5.74) is 1.61. The number of benzene rings is 1. The number of amides is 1. The van der Waals surface area contributed by atoms with Crippen LogP contribution in [0.15, 0.2) is 23.1 Å². The van der Waals surface area contributed by atoms with Crippen molar-refractivity contribution >= 4 is 34.0 Å². The number of fused-ring (bicyclic) bond motifs is 1. The number of carbonyl (C=O) groups is 1. The van der Waals surface area contributed by atoms with Gasteiger partial charge in [-0.3, -0.25) is 4.79 Å². The molecule has 0 saturated carbocycles. The largest absolute Gasteiger partial charge is 0.326 e. The summed E-state index contributed by atoms with van der Waals surface area (Å²) < 4.78 is 27.7. The number of sulfonamides is 1. The smallest absolute Gasteiger partial charge is 0.240 e. The SMILES string of the molecule is Cl.O=C1CCCc2cc(S(=O)(=O)NCC3CCCNC3)ccc2N1. The number of hydrogen-bond donors (Lipinski definition) is 3. The van der Waals surface area contributed by atoms with Crippen molar-refractivity contribution in [2.75, 3.05) is 25.0 Å². The fourth-order valence-corrected chi connectivity index (χ4v) is 4.29. The van der Waals surface area contributed by atoms with Gasteiger partial charge in [-0.15, -0.1) is 12.4 Å². The summed E-state index contributed by atoms with van der Waals surface area (Å²) >= 11 is 0. The van der Waals surface area contributed by atoms with Gasteiger partial charge in [0.2, 0.25) is 15.9 Å².